The Kier molecular flexibility index (Phi) is 5.58. The maximum atomic E-state index is 11.2. The smallest absolute Gasteiger partial charge is 0.307 e. The number of esters is 1. The van der Waals surface area contributed by atoms with Crippen LogP contribution >= 0.6 is 0 Å². The van der Waals surface area contributed by atoms with Crippen LogP contribution in [0.15, 0.2) is 12.1 Å². The Labute approximate surface area is 106 Å². The van der Waals surface area contributed by atoms with Gasteiger partial charge >= 0.3 is 5.97 Å². The maximum Gasteiger partial charge on any atom is 0.307 e. The van der Waals surface area contributed by atoms with Crippen LogP contribution in [0.1, 0.15) is 31.9 Å². The lowest BCUT2D eigenvalue weighted by molar-refractivity contribution is -0.140. The first-order chi connectivity index (χ1) is 8.69. The fourth-order valence-electron chi connectivity index (χ4n) is 1.54. The van der Waals surface area contributed by atoms with Crippen LogP contribution in [-0.2, 0) is 9.53 Å². The topological polar surface area (TPSA) is 87.9 Å². The first kappa shape index (κ1) is 13.9. The van der Waals surface area contributed by atoms with Gasteiger partial charge in [0, 0.05) is 6.04 Å². The molecule has 1 atom stereocenters. The zero-order chi connectivity index (χ0) is 13.4. The SMILES string of the molecule is CCCC(CC(=O)OC)Nc1ccc(C#N)nn1. The summed E-state index contributed by atoms with van der Waals surface area (Å²) in [6.45, 7) is 2.04. The first-order valence-electron chi connectivity index (χ1n) is 5.76. The van der Waals surface area contributed by atoms with Gasteiger partial charge < -0.3 is 10.1 Å². The number of hydrogen-bond donors (Lipinski definition) is 1. The maximum absolute atomic E-state index is 11.2. The molecular formula is C12H16N4O2. The standard InChI is InChI=1S/C12H16N4O2/c1-3-4-9(7-12(17)18-2)14-11-6-5-10(8-13)15-16-11/h5-6,9H,3-4,7H2,1-2H3,(H,14,16). The van der Waals surface area contributed by atoms with Gasteiger partial charge in [-0.25, -0.2) is 0 Å². The molecule has 0 saturated carbocycles. The van der Waals surface area contributed by atoms with Crippen molar-refractivity contribution in [3.8, 4) is 6.07 Å². The van der Waals surface area contributed by atoms with Crippen molar-refractivity contribution in [2.45, 2.75) is 32.2 Å². The quantitative estimate of drug-likeness (QED) is 0.767. The molecule has 1 heterocycles. The number of methoxy groups -OCH3 is 1. The molecule has 96 valence electrons. The van der Waals surface area contributed by atoms with Crippen molar-refractivity contribution in [1.29, 1.82) is 5.26 Å². The molecule has 0 saturated heterocycles. The summed E-state index contributed by atoms with van der Waals surface area (Å²) in [5.41, 5.74) is 0.264. The van der Waals surface area contributed by atoms with Crippen molar-refractivity contribution in [2.75, 3.05) is 12.4 Å². The summed E-state index contributed by atoms with van der Waals surface area (Å²) < 4.78 is 4.64. The molecule has 0 aliphatic rings. The van der Waals surface area contributed by atoms with Crippen molar-refractivity contribution in [3.63, 3.8) is 0 Å². The molecule has 0 amide bonds. The van der Waals surface area contributed by atoms with Crippen LogP contribution in [-0.4, -0.2) is 29.3 Å². The summed E-state index contributed by atoms with van der Waals surface area (Å²) in [4.78, 5) is 11.2. The molecular weight excluding hydrogens is 232 g/mol. The van der Waals surface area contributed by atoms with E-state index in [0.29, 0.717) is 5.82 Å². The van der Waals surface area contributed by atoms with E-state index in [9.17, 15) is 4.79 Å². The van der Waals surface area contributed by atoms with E-state index in [4.69, 9.17) is 5.26 Å². The number of nitrogens with one attached hydrogen (secondary N) is 1. The minimum absolute atomic E-state index is 0.0373. The number of aromatic nitrogens is 2. The Morgan fingerprint density at radius 1 is 1.56 bits per heavy atom. The number of carbonyl (C=O) groups excluding carboxylic acids is 1. The second kappa shape index (κ2) is 7.22. The molecule has 0 bridgehead atoms. The van der Waals surface area contributed by atoms with E-state index in [-0.39, 0.29) is 24.1 Å². The lowest BCUT2D eigenvalue weighted by atomic mass is 10.1. The third-order valence-corrected chi connectivity index (χ3v) is 2.41. The summed E-state index contributed by atoms with van der Waals surface area (Å²) in [5.74, 6) is 0.291. The number of nitrogens with zero attached hydrogens (tertiary/aromatic N) is 3. The van der Waals surface area contributed by atoms with Crippen LogP contribution in [0, 0.1) is 11.3 Å². The lowest BCUT2D eigenvalue weighted by Crippen LogP contribution is -2.24. The molecule has 1 aromatic rings. The second-order valence-electron chi connectivity index (χ2n) is 3.83. The van der Waals surface area contributed by atoms with Crippen LogP contribution in [0.5, 0.6) is 0 Å². The molecule has 6 nitrogen and oxygen atoms in total. The zero-order valence-corrected chi connectivity index (χ0v) is 10.5. The number of carbonyl (C=O) groups is 1. The average Bonchev–Trinajstić information content (AvgIpc) is 2.39. The van der Waals surface area contributed by atoms with Crippen LogP contribution in [0.2, 0.25) is 0 Å². The lowest BCUT2D eigenvalue weighted by Gasteiger charge is -2.16. The van der Waals surface area contributed by atoms with Gasteiger partial charge in [-0.15, -0.1) is 10.2 Å². The number of ether oxygens (including phenoxy) is 1. The summed E-state index contributed by atoms with van der Waals surface area (Å²) in [6, 6.07) is 5.11. The molecule has 0 fully saturated rings. The van der Waals surface area contributed by atoms with E-state index in [0.717, 1.165) is 12.8 Å². The monoisotopic (exact) mass is 248 g/mol. The summed E-state index contributed by atoms with van der Waals surface area (Å²) >= 11 is 0. The van der Waals surface area contributed by atoms with Crippen molar-refractivity contribution in [2.24, 2.45) is 0 Å². The van der Waals surface area contributed by atoms with Gasteiger partial charge in [0.1, 0.15) is 11.9 Å². The summed E-state index contributed by atoms with van der Waals surface area (Å²) in [5, 5.41) is 19.3. The highest BCUT2D eigenvalue weighted by molar-refractivity contribution is 5.70. The summed E-state index contributed by atoms with van der Waals surface area (Å²) in [6.07, 6.45) is 2.06. The van der Waals surface area contributed by atoms with Crippen molar-refractivity contribution < 1.29 is 9.53 Å². The Morgan fingerprint density at radius 3 is 2.83 bits per heavy atom. The van der Waals surface area contributed by atoms with E-state index in [1.54, 1.807) is 12.1 Å². The molecule has 0 radical (unpaired) electrons. The predicted octanol–water partition coefficient (Wildman–Crippen LogP) is 1.49. The minimum Gasteiger partial charge on any atom is -0.469 e. The highest BCUT2D eigenvalue weighted by Gasteiger charge is 2.14. The van der Waals surface area contributed by atoms with Crippen LogP contribution in [0.4, 0.5) is 5.82 Å². The largest absolute Gasteiger partial charge is 0.469 e. The highest BCUT2D eigenvalue weighted by Crippen LogP contribution is 2.10. The Morgan fingerprint density at radius 2 is 2.33 bits per heavy atom. The van der Waals surface area contributed by atoms with Gasteiger partial charge in [-0.1, -0.05) is 13.3 Å². The van der Waals surface area contributed by atoms with E-state index in [2.05, 4.69) is 20.3 Å². The van der Waals surface area contributed by atoms with Gasteiger partial charge in [0.25, 0.3) is 0 Å². The molecule has 1 rings (SSSR count). The molecule has 0 spiro atoms. The van der Waals surface area contributed by atoms with Crippen molar-refractivity contribution in [3.05, 3.63) is 17.8 Å². The Hall–Kier alpha value is -2.16. The average molecular weight is 248 g/mol. The molecule has 1 unspecified atom stereocenters. The minimum atomic E-state index is -0.262. The second-order valence-corrected chi connectivity index (χ2v) is 3.83. The van der Waals surface area contributed by atoms with Gasteiger partial charge in [0.15, 0.2) is 5.69 Å². The third kappa shape index (κ3) is 4.37. The molecule has 0 aromatic carbocycles. The molecule has 1 N–H and O–H groups in total. The van der Waals surface area contributed by atoms with Crippen LogP contribution in [0.25, 0.3) is 0 Å². The number of anilines is 1. The van der Waals surface area contributed by atoms with Crippen LogP contribution < -0.4 is 5.32 Å². The Balaban J connectivity index is 2.64. The van der Waals surface area contributed by atoms with E-state index < -0.39 is 0 Å². The van der Waals surface area contributed by atoms with E-state index in [1.165, 1.54) is 7.11 Å². The van der Waals surface area contributed by atoms with Gasteiger partial charge in [-0.2, -0.15) is 5.26 Å². The molecule has 0 aliphatic carbocycles. The molecule has 1 aromatic heterocycles. The van der Waals surface area contributed by atoms with Gasteiger partial charge in [0.2, 0.25) is 0 Å². The fraction of sp³-hybridized carbons (Fsp3) is 0.500. The zero-order valence-electron chi connectivity index (χ0n) is 10.5. The van der Waals surface area contributed by atoms with Crippen molar-refractivity contribution in [1.82, 2.24) is 10.2 Å². The normalized spacial score (nSPS) is 11.4. The van der Waals surface area contributed by atoms with Gasteiger partial charge in [-0.3, -0.25) is 4.79 Å². The highest BCUT2D eigenvalue weighted by atomic mass is 16.5. The molecule has 18 heavy (non-hydrogen) atoms. The number of nitriles is 1. The van der Waals surface area contributed by atoms with Gasteiger partial charge in [-0.05, 0) is 18.6 Å². The van der Waals surface area contributed by atoms with E-state index in [1.807, 2.05) is 13.0 Å². The summed E-state index contributed by atoms with van der Waals surface area (Å²) in [7, 11) is 1.37. The molecule has 0 aliphatic heterocycles. The third-order valence-electron chi connectivity index (χ3n) is 2.41. The number of hydrogen-bond acceptors (Lipinski definition) is 6. The Bertz CT molecular complexity index is 425. The predicted molar refractivity (Wildman–Crippen MR) is 65.7 cm³/mol. The van der Waals surface area contributed by atoms with Crippen LogP contribution in [0.3, 0.4) is 0 Å². The molecule has 6 heteroatoms. The fourth-order valence-corrected chi connectivity index (χ4v) is 1.54. The van der Waals surface area contributed by atoms with E-state index >= 15 is 0 Å². The van der Waals surface area contributed by atoms with Gasteiger partial charge in [0.05, 0.1) is 13.5 Å². The number of rotatable bonds is 6. The van der Waals surface area contributed by atoms with Crippen molar-refractivity contribution >= 4 is 11.8 Å². The first-order valence-corrected chi connectivity index (χ1v) is 5.76.